The van der Waals surface area contributed by atoms with E-state index in [4.69, 9.17) is 33.2 Å². The van der Waals surface area contributed by atoms with Crippen molar-refractivity contribution in [3.8, 4) is 40.2 Å². The van der Waals surface area contributed by atoms with E-state index in [-0.39, 0.29) is 39.5 Å². The molecule has 0 saturated carbocycles. The maximum Gasteiger partial charge on any atom is 0.343 e. The summed E-state index contributed by atoms with van der Waals surface area (Å²) in [5.41, 5.74) is 0.560. The van der Waals surface area contributed by atoms with E-state index in [0.717, 1.165) is 25.7 Å². The Bertz CT molecular complexity index is 2210. The number of carbonyl (C=O) groups is 4. The molecule has 0 aliphatic heterocycles. The molecule has 0 bridgehead atoms. The summed E-state index contributed by atoms with van der Waals surface area (Å²) in [6.45, 7) is 5.80. The summed E-state index contributed by atoms with van der Waals surface area (Å²) in [5.74, 6) is 0.0318. The van der Waals surface area contributed by atoms with Crippen LogP contribution in [-0.4, -0.2) is 44.2 Å². The fourth-order valence-electron chi connectivity index (χ4n) is 8.41. The highest BCUT2D eigenvalue weighted by Crippen LogP contribution is 2.25. The molecule has 5 aromatic rings. The molecule has 11 nitrogen and oxygen atoms in total. The van der Waals surface area contributed by atoms with Gasteiger partial charge in [0.05, 0.1) is 42.6 Å². The quantitative estimate of drug-likeness (QED) is 0.0214. The normalized spacial score (nSPS) is 10.9. The van der Waals surface area contributed by atoms with Crippen molar-refractivity contribution in [1.29, 1.82) is 0 Å². The number of benzene rings is 5. The topological polar surface area (TPSA) is 133 Å². The van der Waals surface area contributed by atoms with Crippen LogP contribution in [0.5, 0.6) is 40.2 Å². The van der Waals surface area contributed by atoms with Crippen molar-refractivity contribution in [2.75, 3.05) is 20.3 Å². The monoisotopic (exact) mass is 1010 g/mol. The summed E-state index contributed by atoms with van der Waals surface area (Å²) < 4.78 is 39.4. The lowest BCUT2D eigenvalue weighted by Crippen LogP contribution is -2.14. The first-order valence-electron chi connectivity index (χ1n) is 27.5. The molecule has 0 spiro atoms. The van der Waals surface area contributed by atoms with Gasteiger partial charge in [0.25, 0.3) is 0 Å². The van der Waals surface area contributed by atoms with Gasteiger partial charge in [-0.25, -0.2) is 19.2 Å². The summed E-state index contributed by atoms with van der Waals surface area (Å²) in [5, 5.41) is 0. The molecule has 0 amide bonds. The lowest BCUT2D eigenvalue weighted by molar-refractivity contribution is 0.0722. The Morgan fingerprint density at radius 3 is 0.811 bits per heavy atom. The number of unbranched alkanes of at least 4 members (excludes halogenated alkanes) is 22. The fraction of sp³-hybridized carbons (Fsp3) is 0.460. The van der Waals surface area contributed by atoms with Gasteiger partial charge in [-0.3, -0.25) is 0 Å². The third kappa shape index (κ3) is 22.7. The Kier molecular flexibility index (Phi) is 27.4. The zero-order chi connectivity index (χ0) is 52.4. The van der Waals surface area contributed by atoms with E-state index in [1.807, 2.05) is 0 Å². The van der Waals surface area contributed by atoms with Gasteiger partial charge in [0.2, 0.25) is 0 Å². The third-order valence-corrected chi connectivity index (χ3v) is 12.8. The second-order valence-corrected chi connectivity index (χ2v) is 19.0. The van der Waals surface area contributed by atoms with Gasteiger partial charge in [0, 0.05) is 0 Å². The molecule has 0 aliphatic carbocycles. The van der Waals surface area contributed by atoms with Gasteiger partial charge in [0.1, 0.15) is 40.2 Å². The van der Waals surface area contributed by atoms with E-state index in [2.05, 4.69) is 13.8 Å². The summed E-state index contributed by atoms with van der Waals surface area (Å²) in [4.78, 5) is 52.4. The summed E-state index contributed by atoms with van der Waals surface area (Å²) in [6, 6.07) is 29.9. The van der Waals surface area contributed by atoms with E-state index in [0.29, 0.717) is 36.2 Å². The van der Waals surface area contributed by atoms with Crippen LogP contribution < -0.4 is 33.2 Å². The van der Waals surface area contributed by atoms with Crippen LogP contribution in [-0.2, 0) is 0 Å². The predicted molar refractivity (Wildman–Crippen MR) is 292 cm³/mol. The summed E-state index contributed by atoms with van der Waals surface area (Å²) in [6.07, 6.45) is 30.9. The molecule has 0 saturated heterocycles. The van der Waals surface area contributed by atoms with E-state index in [1.54, 1.807) is 48.5 Å². The van der Waals surface area contributed by atoms with Crippen LogP contribution in [0.3, 0.4) is 0 Å². The molecule has 0 aromatic heterocycles. The average Bonchev–Trinajstić information content (AvgIpc) is 3.42. The standard InChI is InChI=1S/C63H80O11/c1-4-6-8-10-12-14-16-18-20-22-24-26-44-69-53-36-40-57(41-37-53)71-60(64)49-28-32-55(33-29-49)73-62(66)51-46-52(48-59(47-51)68-3)63(67)74-56-34-30-50(31-35-56)61(65)72-58-42-38-54(39-43-58)70-45-27-25-23-21-19-17-15-13-11-9-7-5-2/h28-43,46-48H,4-27,44-45H2,1-3H3. The Balaban J connectivity index is 0.984. The van der Waals surface area contributed by atoms with Crippen molar-refractivity contribution in [2.24, 2.45) is 0 Å². The minimum atomic E-state index is -0.769. The Hall–Kier alpha value is -6.62. The zero-order valence-corrected chi connectivity index (χ0v) is 44.3. The molecule has 0 unspecified atom stereocenters. The highest BCUT2D eigenvalue weighted by atomic mass is 16.5. The maximum atomic E-state index is 13.3. The molecule has 0 N–H and O–H groups in total. The van der Waals surface area contributed by atoms with Gasteiger partial charge >= 0.3 is 23.9 Å². The van der Waals surface area contributed by atoms with Gasteiger partial charge < -0.3 is 33.2 Å². The van der Waals surface area contributed by atoms with E-state index in [9.17, 15) is 19.2 Å². The number of ether oxygens (including phenoxy) is 7. The van der Waals surface area contributed by atoms with Crippen LogP contribution in [0.4, 0.5) is 0 Å². The Morgan fingerprint density at radius 1 is 0.284 bits per heavy atom. The Morgan fingerprint density at radius 2 is 0.527 bits per heavy atom. The first-order valence-corrected chi connectivity index (χ1v) is 27.5. The molecular weight excluding hydrogens is 933 g/mol. The van der Waals surface area contributed by atoms with Crippen molar-refractivity contribution in [1.82, 2.24) is 0 Å². The van der Waals surface area contributed by atoms with Crippen molar-refractivity contribution < 1.29 is 52.3 Å². The molecule has 0 heterocycles. The Labute approximate surface area is 440 Å². The fourth-order valence-corrected chi connectivity index (χ4v) is 8.41. The number of rotatable bonds is 37. The number of hydrogen-bond donors (Lipinski definition) is 0. The van der Waals surface area contributed by atoms with Gasteiger partial charge in [-0.1, -0.05) is 155 Å². The van der Waals surface area contributed by atoms with Crippen LogP contribution in [0.15, 0.2) is 115 Å². The number of methoxy groups -OCH3 is 1. The highest BCUT2D eigenvalue weighted by Gasteiger charge is 2.19. The first kappa shape index (κ1) is 58.3. The maximum absolute atomic E-state index is 13.3. The largest absolute Gasteiger partial charge is 0.497 e. The molecule has 5 rings (SSSR count). The molecule has 398 valence electrons. The number of carbonyl (C=O) groups excluding carboxylic acids is 4. The average molecular weight is 1010 g/mol. The van der Waals surface area contributed by atoms with Gasteiger partial charge in [-0.05, 0) is 128 Å². The zero-order valence-electron chi connectivity index (χ0n) is 44.3. The second-order valence-electron chi connectivity index (χ2n) is 19.0. The van der Waals surface area contributed by atoms with Crippen molar-refractivity contribution in [2.45, 2.75) is 168 Å². The second kappa shape index (κ2) is 34.7. The molecule has 74 heavy (non-hydrogen) atoms. The van der Waals surface area contributed by atoms with E-state index < -0.39 is 23.9 Å². The lowest BCUT2D eigenvalue weighted by Gasteiger charge is -2.10. The molecule has 0 fully saturated rings. The summed E-state index contributed by atoms with van der Waals surface area (Å²) in [7, 11) is 1.40. The molecule has 0 aliphatic rings. The smallest absolute Gasteiger partial charge is 0.343 e. The minimum Gasteiger partial charge on any atom is -0.497 e. The molecule has 5 aromatic carbocycles. The van der Waals surface area contributed by atoms with Gasteiger partial charge in [-0.15, -0.1) is 0 Å². The van der Waals surface area contributed by atoms with Gasteiger partial charge in [-0.2, -0.15) is 0 Å². The minimum absolute atomic E-state index is 0.0265. The molecule has 0 atom stereocenters. The molecule has 11 heteroatoms. The van der Waals surface area contributed by atoms with Crippen LogP contribution in [0.2, 0.25) is 0 Å². The van der Waals surface area contributed by atoms with Crippen LogP contribution in [0.1, 0.15) is 209 Å². The number of esters is 4. The van der Waals surface area contributed by atoms with E-state index >= 15 is 0 Å². The van der Waals surface area contributed by atoms with Crippen molar-refractivity contribution in [3.05, 3.63) is 138 Å². The lowest BCUT2D eigenvalue weighted by atomic mass is 10.1. The van der Waals surface area contributed by atoms with E-state index in [1.165, 1.54) is 202 Å². The van der Waals surface area contributed by atoms with Crippen molar-refractivity contribution >= 4 is 23.9 Å². The van der Waals surface area contributed by atoms with Crippen LogP contribution in [0.25, 0.3) is 0 Å². The SMILES string of the molecule is CCCCCCCCCCCCCCOc1ccc(OC(=O)c2ccc(OC(=O)c3cc(OC)cc(C(=O)Oc4ccc(C(=O)Oc5ccc(OCCCCCCCCCCCCCC)cc5)cc4)c3)cc2)cc1. The third-order valence-electron chi connectivity index (χ3n) is 12.8. The van der Waals surface area contributed by atoms with Crippen LogP contribution >= 0.6 is 0 Å². The highest BCUT2D eigenvalue weighted by molar-refractivity contribution is 5.98. The van der Waals surface area contributed by atoms with Gasteiger partial charge in [0.15, 0.2) is 0 Å². The van der Waals surface area contributed by atoms with Crippen molar-refractivity contribution in [3.63, 3.8) is 0 Å². The summed E-state index contributed by atoms with van der Waals surface area (Å²) >= 11 is 0. The molecular formula is C63H80O11. The molecule has 0 radical (unpaired) electrons. The number of hydrogen-bond acceptors (Lipinski definition) is 11. The predicted octanol–water partition coefficient (Wildman–Crippen LogP) is 16.7. The van der Waals surface area contributed by atoms with Crippen LogP contribution in [0, 0.1) is 0 Å². The first-order chi connectivity index (χ1) is 36.2.